The van der Waals surface area contributed by atoms with Crippen LogP contribution in [0.1, 0.15) is 12.8 Å². The minimum atomic E-state index is -0.564. The number of hydrogen-bond acceptors (Lipinski definition) is 5. The van der Waals surface area contributed by atoms with Crippen molar-refractivity contribution >= 4 is 22.3 Å². The van der Waals surface area contributed by atoms with E-state index in [0.717, 1.165) is 31.3 Å². The normalized spacial score (nSPS) is 18.4. The number of nitrogens with zero attached hydrogens (tertiary/aromatic N) is 4. The predicted molar refractivity (Wildman–Crippen MR) is 99.3 cm³/mol. The van der Waals surface area contributed by atoms with Crippen molar-refractivity contribution in [2.75, 3.05) is 38.6 Å². The predicted octanol–water partition coefficient (Wildman–Crippen LogP) is 2.22. The minimum absolute atomic E-state index is 0.340. The van der Waals surface area contributed by atoms with Crippen LogP contribution in [0.15, 0.2) is 29.1 Å². The van der Waals surface area contributed by atoms with Gasteiger partial charge in [0.15, 0.2) is 0 Å². The van der Waals surface area contributed by atoms with Crippen LogP contribution < -0.4 is 10.5 Å². The van der Waals surface area contributed by atoms with Crippen LogP contribution in [-0.4, -0.2) is 48.1 Å². The monoisotopic (exact) mass is 344 g/mol. The molecule has 2 heterocycles. The lowest BCUT2D eigenvalue weighted by Gasteiger charge is -2.33. The van der Waals surface area contributed by atoms with E-state index in [1.54, 1.807) is 7.05 Å². The van der Waals surface area contributed by atoms with Gasteiger partial charge in [0.2, 0.25) is 0 Å². The highest BCUT2D eigenvalue weighted by molar-refractivity contribution is 5.96. The van der Waals surface area contributed by atoms with Crippen molar-refractivity contribution in [1.82, 2.24) is 9.47 Å². The molecule has 3 rings (SSSR count). The molecule has 0 amide bonds. The first-order valence-corrected chi connectivity index (χ1v) is 8.56. The zero-order chi connectivity index (χ0) is 18.1. The second kappa shape index (κ2) is 6.84. The fourth-order valence-electron chi connectivity index (χ4n) is 3.92. The number of hydrogen-bond donors (Lipinski definition) is 0. The van der Waals surface area contributed by atoms with Gasteiger partial charge in [-0.3, -0.25) is 14.9 Å². The smallest absolute Gasteiger partial charge is 0.357 e. The van der Waals surface area contributed by atoms with Crippen molar-refractivity contribution in [1.29, 1.82) is 0 Å². The molecule has 1 atom stereocenters. The number of nitro groups is 1. The first kappa shape index (κ1) is 17.4. The van der Waals surface area contributed by atoms with Gasteiger partial charge in [-0.25, -0.2) is 0 Å². The maximum atomic E-state index is 12.6. The lowest BCUT2D eigenvalue weighted by Crippen LogP contribution is -2.38. The number of para-hydroxylation sites is 1. The summed E-state index contributed by atoms with van der Waals surface area (Å²) in [6, 6.07) is 7.36. The fourth-order valence-corrected chi connectivity index (χ4v) is 3.92. The molecule has 0 bridgehead atoms. The van der Waals surface area contributed by atoms with E-state index >= 15 is 0 Å². The Hall–Kier alpha value is -2.41. The summed E-state index contributed by atoms with van der Waals surface area (Å²) in [5.41, 5.74) is 0.233. The molecule has 0 spiro atoms. The summed E-state index contributed by atoms with van der Waals surface area (Å²) in [5.74, 6) is 0.436. The number of rotatable bonds is 4. The molecule has 0 N–H and O–H groups in total. The molecule has 1 aliphatic heterocycles. The Balaban J connectivity index is 2.10. The minimum Gasteiger partial charge on any atom is -0.368 e. The molecular formula is C18H24N4O3. The van der Waals surface area contributed by atoms with Crippen molar-refractivity contribution in [2.24, 2.45) is 13.0 Å². The molecule has 1 aromatic carbocycles. The van der Waals surface area contributed by atoms with Gasteiger partial charge < -0.3 is 14.4 Å². The number of anilines is 1. The molecule has 0 unspecified atom stereocenters. The zero-order valence-corrected chi connectivity index (χ0v) is 14.9. The highest BCUT2D eigenvalue weighted by Gasteiger charge is 2.29. The Labute approximate surface area is 146 Å². The number of piperidine rings is 1. The number of aryl methyl sites for hydroxylation is 1. The quantitative estimate of drug-likeness (QED) is 0.628. The van der Waals surface area contributed by atoms with Gasteiger partial charge in [0.25, 0.3) is 0 Å². The van der Waals surface area contributed by atoms with Crippen molar-refractivity contribution in [3.05, 3.63) is 44.7 Å². The Kier molecular flexibility index (Phi) is 4.76. The first-order chi connectivity index (χ1) is 11.9. The molecule has 0 aliphatic carbocycles. The molecule has 1 aromatic heterocycles. The molecule has 1 aliphatic rings. The van der Waals surface area contributed by atoms with Gasteiger partial charge in [-0.15, -0.1) is 0 Å². The summed E-state index contributed by atoms with van der Waals surface area (Å²) in [6.07, 6.45) is 2.24. The van der Waals surface area contributed by atoms with Crippen LogP contribution in [0, 0.1) is 16.0 Å². The van der Waals surface area contributed by atoms with Crippen LogP contribution in [0.4, 0.5) is 11.4 Å². The van der Waals surface area contributed by atoms with E-state index in [1.807, 2.05) is 36.2 Å². The molecule has 134 valence electrons. The number of benzene rings is 1. The van der Waals surface area contributed by atoms with Crippen molar-refractivity contribution in [3.63, 3.8) is 0 Å². The number of likely N-dealkylation sites (tertiary alicyclic amines) is 1. The fraction of sp³-hybridized carbons (Fsp3) is 0.500. The molecule has 0 saturated carbocycles. The zero-order valence-electron chi connectivity index (χ0n) is 14.9. The third-order valence-corrected chi connectivity index (χ3v) is 5.07. The van der Waals surface area contributed by atoms with E-state index in [2.05, 4.69) is 11.9 Å². The lowest BCUT2D eigenvalue weighted by molar-refractivity contribution is -0.385. The van der Waals surface area contributed by atoms with E-state index in [0.29, 0.717) is 23.7 Å². The van der Waals surface area contributed by atoms with Gasteiger partial charge >= 0.3 is 11.2 Å². The van der Waals surface area contributed by atoms with Crippen LogP contribution in [0.5, 0.6) is 0 Å². The van der Waals surface area contributed by atoms with Crippen molar-refractivity contribution in [2.45, 2.75) is 12.8 Å². The SMILES string of the molecule is CN1CCC[C@@H](CN(C)c2c([N+](=O)[O-])c(=O)n(C)c3ccccc23)C1. The van der Waals surface area contributed by atoms with Crippen LogP contribution in [0.2, 0.25) is 0 Å². The van der Waals surface area contributed by atoms with E-state index in [9.17, 15) is 14.9 Å². The maximum absolute atomic E-state index is 12.6. The third kappa shape index (κ3) is 3.24. The summed E-state index contributed by atoms with van der Waals surface area (Å²) in [5, 5.41) is 12.4. The van der Waals surface area contributed by atoms with Crippen LogP contribution in [-0.2, 0) is 7.05 Å². The van der Waals surface area contributed by atoms with Gasteiger partial charge in [-0.05, 0) is 38.4 Å². The van der Waals surface area contributed by atoms with Crippen LogP contribution in [0.3, 0.4) is 0 Å². The largest absolute Gasteiger partial charge is 0.368 e. The van der Waals surface area contributed by atoms with E-state index < -0.39 is 10.5 Å². The van der Waals surface area contributed by atoms with Crippen LogP contribution >= 0.6 is 0 Å². The summed E-state index contributed by atoms with van der Waals surface area (Å²) >= 11 is 0. The number of fused-ring (bicyclic) bond motifs is 1. The molecule has 1 fully saturated rings. The molecule has 0 radical (unpaired) electrons. The first-order valence-electron chi connectivity index (χ1n) is 8.56. The highest BCUT2D eigenvalue weighted by atomic mass is 16.6. The van der Waals surface area contributed by atoms with Crippen LogP contribution in [0.25, 0.3) is 10.9 Å². The summed E-state index contributed by atoms with van der Waals surface area (Å²) < 4.78 is 1.36. The molecule has 1 saturated heterocycles. The summed E-state index contributed by atoms with van der Waals surface area (Å²) in [7, 11) is 5.53. The van der Waals surface area contributed by atoms with Gasteiger partial charge in [0, 0.05) is 32.6 Å². The van der Waals surface area contributed by atoms with Crippen molar-refractivity contribution in [3.8, 4) is 0 Å². The van der Waals surface area contributed by atoms with Crippen molar-refractivity contribution < 1.29 is 4.92 Å². The summed E-state index contributed by atoms with van der Waals surface area (Å²) in [6.45, 7) is 2.76. The molecule has 7 heteroatoms. The van der Waals surface area contributed by atoms with Gasteiger partial charge in [-0.2, -0.15) is 0 Å². The van der Waals surface area contributed by atoms with Gasteiger partial charge in [0.1, 0.15) is 5.69 Å². The number of aromatic nitrogens is 1. The number of pyridine rings is 1. The molecule has 2 aromatic rings. The average Bonchev–Trinajstić information content (AvgIpc) is 2.57. The van der Waals surface area contributed by atoms with Gasteiger partial charge in [-0.1, -0.05) is 18.2 Å². The standard InChI is InChI=1S/C18H24N4O3/c1-19-10-6-7-13(11-19)12-20(2)16-14-8-4-5-9-15(14)21(3)18(23)17(16)22(24)25/h4-5,8-9,13H,6-7,10-12H2,1-3H3/t13-/m1/s1. The van der Waals surface area contributed by atoms with Gasteiger partial charge in [0.05, 0.1) is 10.4 Å². The maximum Gasteiger partial charge on any atom is 0.357 e. The van der Waals surface area contributed by atoms with E-state index in [1.165, 1.54) is 4.57 Å². The Bertz CT molecular complexity index is 861. The van der Waals surface area contributed by atoms with E-state index in [-0.39, 0.29) is 5.69 Å². The molecule has 25 heavy (non-hydrogen) atoms. The second-order valence-corrected chi connectivity index (χ2v) is 6.99. The van der Waals surface area contributed by atoms with E-state index in [4.69, 9.17) is 0 Å². The second-order valence-electron chi connectivity index (χ2n) is 6.99. The topological polar surface area (TPSA) is 71.6 Å². The third-order valence-electron chi connectivity index (χ3n) is 5.07. The Morgan fingerprint density at radius 2 is 2.04 bits per heavy atom. The molecular weight excluding hydrogens is 320 g/mol. The average molecular weight is 344 g/mol. The molecule has 7 nitrogen and oxygen atoms in total. The summed E-state index contributed by atoms with van der Waals surface area (Å²) in [4.78, 5) is 27.9. The lowest BCUT2D eigenvalue weighted by atomic mass is 9.97. The highest BCUT2D eigenvalue weighted by Crippen LogP contribution is 2.33. The Morgan fingerprint density at radius 1 is 1.32 bits per heavy atom. The Morgan fingerprint density at radius 3 is 2.72 bits per heavy atom.